The fourth-order valence-corrected chi connectivity index (χ4v) is 3.85. The highest BCUT2D eigenvalue weighted by Gasteiger charge is 2.21. The molecular weight excluding hydrogens is 233 g/mol. The van der Waals surface area contributed by atoms with Crippen LogP contribution >= 0.6 is 11.3 Å². The predicted molar refractivity (Wildman–Crippen MR) is 71.2 cm³/mol. The van der Waals surface area contributed by atoms with E-state index in [1.807, 2.05) is 6.07 Å². The third-order valence-corrected chi connectivity index (χ3v) is 4.86. The summed E-state index contributed by atoms with van der Waals surface area (Å²) < 4.78 is 14.5. The molecule has 17 heavy (non-hydrogen) atoms. The second-order valence-electron chi connectivity index (χ2n) is 4.88. The Balaban J connectivity index is 1.97. The van der Waals surface area contributed by atoms with Crippen LogP contribution in [-0.2, 0) is 0 Å². The van der Waals surface area contributed by atoms with Gasteiger partial charge in [-0.3, -0.25) is 0 Å². The van der Waals surface area contributed by atoms with Crippen molar-refractivity contribution in [2.45, 2.75) is 31.7 Å². The average molecular weight is 249 g/mol. The summed E-state index contributed by atoms with van der Waals surface area (Å²) in [5.74, 6) is 0.517. The van der Waals surface area contributed by atoms with E-state index in [2.05, 4.69) is 18.3 Å². The van der Waals surface area contributed by atoms with Gasteiger partial charge in [0, 0.05) is 10.9 Å². The van der Waals surface area contributed by atoms with Gasteiger partial charge in [0.2, 0.25) is 0 Å². The van der Waals surface area contributed by atoms with E-state index in [0.717, 1.165) is 23.1 Å². The number of fused-ring (bicyclic) bond motifs is 1. The van der Waals surface area contributed by atoms with Crippen LogP contribution in [0.1, 0.15) is 30.6 Å². The first-order valence-electron chi connectivity index (χ1n) is 6.15. The molecule has 1 aliphatic rings. The molecule has 90 valence electrons. The van der Waals surface area contributed by atoms with E-state index < -0.39 is 0 Å². The van der Waals surface area contributed by atoms with Gasteiger partial charge in [0.15, 0.2) is 0 Å². The fraction of sp³-hybridized carbons (Fsp3) is 0.429. The summed E-state index contributed by atoms with van der Waals surface area (Å²) in [6.07, 6.45) is 2.33. The number of hydrogen-bond acceptors (Lipinski definition) is 2. The highest BCUT2D eigenvalue weighted by Crippen LogP contribution is 2.37. The van der Waals surface area contributed by atoms with Crippen LogP contribution in [0.4, 0.5) is 4.39 Å². The number of piperidine rings is 1. The monoisotopic (exact) mass is 249 g/mol. The standard InChI is InChI=1S/C14H16FNS/c1-9-7-10(5-6-16-9)13-8-11-3-2-4-12(15)14(11)17-13/h2-4,8-10,16H,5-7H2,1H3/t9-,10+/m0/s1. The summed E-state index contributed by atoms with van der Waals surface area (Å²) in [5.41, 5.74) is 0. The molecule has 1 fully saturated rings. The van der Waals surface area contributed by atoms with Gasteiger partial charge in [-0.05, 0) is 49.7 Å². The zero-order valence-corrected chi connectivity index (χ0v) is 10.7. The van der Waals surface area contributed by atoms with E-state index in [-0.39, 0.29) is 5.82 Å². The van der Waals surface area contributed by atoms with E-state index in [0.29, 0.717) is 12.0 Å². The summed E-state index contributed by atoms with van der Waals surface area (Å²) in [4.78, 5) is 1.35. The van der Waals surface area contributed by atoms with Crippen LogP contribution in [0.2, 0.25) is 0 Å². The van der Waals surface area contributed by atoms with Crippen molar-refractivity contribution in [2.24, 2.45) is 0 Å². The van der Waals surface area contributed by atoms with Crippen LogP contribution in [0.15, 0.2) is 24.3 Å². The van der Waals surface area contributed by atoms with Crippen LogP contribution in [0.5, 0.6) is 0 Å². The first kappa shape index (κ1) is 11.2. The van der Waals surface area contributed by atoms with Gasteiger partial charge in [0.1, 0.15) is 5.82 Å². The topological polar surface area (TPSA) is 12.0 Å². The number of benzene rings is 1. The first-order valence-corrected chi connectivity index (χ1v) is 6.97. The Bertz CT molecular complexity index is 534. The lowest BCUT2D eigenvalue weighted by atomic mass is 9.92. The van der Waals surface area contributed by atoms with Crippen molar-refractivity contribution in [1.82, 2.24) is 5.32 Å². The Morgan fingerprint density at radius 2 is 2.29 bits per heavy atom. The van der Waals surface area contributed by atoms with Gasteiger partial charge >= 0.3 is 0 Å². The van der Waals surface area contributed by atoms with E-state index in [4.69, 9.17) is 0 Å². The SMILES string of the molecule is C[C@H]1C[C@H](c2cc3cccc(F)c3s2)CCN1. The smallest absolute Gasteiger partial charge is 0.140 e. The Labute approximate surface area is 105 Å². The molecule has 2 aromatic rings. The minimum Gasteiger partial charge on any atom is -0.314 e. The van der Waals surface area contributed by atoms with Crippen molar-refractivity contribution in [1.29, 1.82) is 0 Å². The van der Waals surface area contributed by atoms with Crippen molar-refractivity contribution in [2.75, 3.05) is 6.54 Å². The van der Waals surface area contributed by atoms with Gasteiger partial charge in [0.25, 0.3) is 0 Å². The highest BCUT2D eigenvalue weighted by atomic mass is 32.1. The van der Waals surface area contributed by atoms with Crippen molar-refractivity contribution in [3.63, 3.8) is 0 Å². The number of thiophene rings is 1. The zero-order chi connectivity index (χ0) is 11.8. The van der Waals surface area contributed by atoms with Crippen molar-refractivity contribution in [3.8, 4) is 0 Å². The summed E-state index contributed by atoms with van der Waals surface area (Å²) in [6.45, 7) is 3.29. The molecule has 1 aliphatic heterocycles. The molecule has 1 aromatic carbocycles. The van der Waals surface area contributed by atoms with Gasteiger partial charge in [-0.15, -0.1) is 11.3 Å². The number of halogens is 1. The van der Waals surface area contributed by atoms with Crippen LogP contribution in [0.25, 0.3) is 10.1 Å². The Kier molecular flexibility index (Phi) is 2.89. The molecule has 0 saturated carbocycles. The van der Waals surface area contributed by atoms with Crippen molar-refractivity contribution in [3.05, 3.63) is 35.0 Å². The molecule has 1 saturated heterocycles. The summed E-state index contributed by atoms with van der Waals surface area (Å²) in [7, 11) is 0. The van der Waals surface area contributed by atoms with Crippen LogP contribution < -0.4 is 5.32 Å². The van der Waals surface area contributed by atoms with Gasteiger partial charge in [-0.25, -0.2) is 4.39 Å². The number of nitrogens with one attached hydrogen (secondary N) is 1. The Morgan fingerprint density at radius 3 is 3.06 bits per heavy atom. The summed E-state index contributed by atoms with van der Waals surface area (Å²) in [6, 6.07) is 8.09. The molecule has 3 rings (SSSR count). The first-order chi connectivity index (χ1) is 8.24. The Morgan fingerprint density at radius 1 is 1.41 bits per heavy atom. The van der Waals surface area contributed by atoms with Crippen molar-refractivity contribution >= 4 is 21.4 Å². The van der Waals surface area contributed by atoms with Crippen LogP contribution in [-0.4, -0.2) is 12.6 Å². The quantitative estimate of drug-likeness (QED) is 0.808. The molecule has 0 unspecified atom stereocenters. The minimum absolute atomic E-state index is 0.0827. The fourth-order valence-electron chi connectivity index (χ4n) is 2.64. The maximum absolute atomic E-state index is 13.6. The summed E-state index contributed by atoms with van der Waals surface area (Å²) >= 11 is 1.63. The van der Waals surface area contributed by atoms with Gasteiger partial charge in [0.05, 0.1) is 4.70 Å². The maximum atomic E-state index is 13.6. The van der Waals surface area contributed by atoms with Crippen molar-refractivity contribution < 1.29 is 4.39 Å². The molecule has 1 N–H and O–H groups in total. The largest absolute Gasteiger partial charge is 0.314 e. The molecular formula is C14H16FNS. The summed E-state index contributed by atoms with van der Waals surface area (Å²) in [5, 5.41) is 4.51. The van der Waals surface area contributed by atoms with Gasteiger partial charge < -0.3 is 5.32 Å². The normalized spacial score (nSPS) is 25.3. The van der Waals surface area contributed by atoms with Gasteiger partial charge in [-0.2, -0.15) is 0 Å². The molecule has 1 aromatic heterocycles. The van der Waals surface area contributed by atoms with E-state index in [9.17, 15) is 4.39 Å². The molecule has 0 radical (unpaired) electrons. The van der Waals surface area contributed by atoms with Gasteiger partial charge in [-0.1, -0.05) is 12.1 Å². The number of hydrogen-bond donors (Lipinski definition) is 1. The third kappa shape index (κ3) is 2.09. The molecule has 0 amide bonds. The molecule has 2 heterocycles. The van der Waals surface area contributed by atoms with E-state index in [1.165, 1.54) is 11.3 Å². The molecule has 1 nitrogen and oxygen atoms in total. The minimum atomic E-state index is -0.0827. The maximum Gasteiger partial charge on any atom is 0.140 e. The average Bonchev–Trinajstić information content (AvgIpc) is 2.74. The van der Waals surface area contributed by atoms with Crippen LogP contribution in [0.3, 0.4) is 0 Å². The molecule has 0 spiro atoms. The van der Waals surface area contributed by atoms with E-state index >= 15 is 0 Å². The number of rotatable bonds is 1. The zero-order valence-electron chi connectivity index (χ0n) is 9.87. The third-order valence-electron chi connectivity index (χ3n) is 3.54. The molecule has 3 heteroatoms. The lowest BCUT2D eigenvalue weighted by Crippen LogP contribution is -2.34. The Hall–Kier alpha value is -0.930. The predicted octanol–water partition coefficient (Wildman–Crippen LogP) is 3.90. The molecule has 2 atom stereocenters. The van der Waals surface area contributed by atoms with Crippen LogP contribution in [0, 0.1) is 5.82 Å². The highest BCUT2D eigenvalue weighted by molar-refractivity contribution is 7.19. The lowest BCUT2D eigenvalue weighted by molar-refractivity contribution is 0.384. The second-order valence-corrected chi connectivity index (χ2v) is 5.97. The lowest BCUT2D eigenvalue weighted by Gasteiger charge is -2.27. The van der Waals surface area contributed by atoms with E-state index in [1.54, 1.807) is 23.5 Å². The molecule has 0 bridgehead atoms. The second kappa shape index (κ2) is 4.39. The molecule has 0 aliphatic carbocycles.